The molecule has 9 nitrogen and oxygen atoms in total. The third-order valence-electron chi connectivity index (χ3n) is 6.74. The van der Waals surface area contributed by atoms with Crippen LogP contribution in [0.15, 0.2) is 131 Å². The topological polar surface area (TPSA) is 112 Å². The van der Waals surface area contributed by atoms with Crippen LogP contribution in [0.4, 0.5) is 5.69 Å². The average molecular weight is 614 g/mol. The first-order valence-electron chi connectivity index (χ1n) is 14.0. The van der Waals surface area contributed by atoms with Gasteiger partial charge in [-0.2, -0.15) is 5.10 Å². The summed E-state index contributed by atoms with van der Waals surface area (Å²) in [5, 5.41) is 16.3. The van der Waals surface area contributed by atoms with E-state index in [1.54, 1.807) is 42.1 Å². The van der Waals surface area contributed by atoms with Gasteiger partial charge >= 0.3 is 0 Å². The number of carbonyl (C=O) groups excluding carboxylic acids is 2. The molecule has 2 aromatic heterocycles. The van der Waals surface area contributed by atoms with Crippen LogP contribution in [0.25, 0.3) is 34.5 Å². The fourth-order valence-corrected chi connectivity index (χ4v) is 5.02. The second kappa shape index (κ2) is 13.7. The largest absolute Gasteiger partial charge is 0.497 e. The highest BCUT2D eigenvalue weighted by atomic mass is 32.2. The van der Waals surface area contributed by atoms with E-state index in [0.29, 0.717) is 22.5 Å². The molecule has 4 aromatic carbocycles. The van der Waals surface area contributed by atoms with E-state index >= 15 is 0 Å². The third kappa shape index (κ3) is 7.26. The van der Waals surface area contributed by atoms with Crippen LogP contribution in [-0.2, 0) is 4.79 Å². The summed E-state index contributed by atoms with van der Waals surface area (Å²) in [7, 11) is 1.62. The van der Waals surface area contributed by atoms with E-state index in [-0.39, 0.29) is 28.6 Å². The van der Waals surface area contributed by atoms with Gasteiger partial charge in [0, 0.05) is 23.0 Å². The number of anilines is 1. The van der Waals surface area contributed by atoms with E-state index in [1.807, 2.05) is 91.1 Å². The molecule has 0 saturated heterocycles. The van der Waals surface area contributed by atoms with E-state index in [0.717, 1.165) is 34.3 Å². The summed E-state index contributed by atoms with van der Waals surface area (Å²) in [6, 6.07) is 33.7. The Balaban J connectivity index is 1.11. The lowest BCUT2D eigenvalue weighted by molar-refractivity contribution is -0.113. The number of aromatic nitrogens is 4. The maximum absolute atomic E-state index is 12.7. The maximum Gasteiger partial charge on any atom is 0.277 e. The molecule has 1 amide bonds. The first kappa shape index (κ1) is 29.3. The van der Waals surface area contributed by atoms with Crippen LogP contribution in [0, 0.1) is 0 Å². The zero-order valence-corrected chi connectivity index (χ0v) is 25.0. The van der Waals surface area contributed by atoms with Crippen molar-refractivity contribution in [2.75, 3.05) is 18.2 Å². The summed E-state index contributed by atoms with van der Waals surface area (Å²) in [5.41, 5.74) is 5.10. The molecular weight excluding hydrogens is 586 g/mol. The number of para-hydroxylation sites is 1. The Kier molecular flexibility index (Phi) is 8.93. The number of carbonyl (C=O) groups is 2. The van der Waals surface area contributed by atoms with Crippen molar-refractivity contribution in [2.45, 2.75) is 5.22 Å². The van der Waals surface area contributed by atoms with E-state index in [2.05, 4.69) is 15.5 Å². The van der Waals surface area contributed by atoms with Gasteiger partial charge in [-0.25, -0.2) is 4.68 Å². The first-order valence-corrected chi connectivity index (χ1v) is 15.0. The highest BCUT2D eigenvalue weighted by Crippen LogP contribution is 2.33. The van der Waals surface area contributed by atoms with E-state index in [1.165, 1.54) is 6.08 Å². The van der Waals surface area contributed by atoms with Crippen LogP contribution >= 0.6 is 11.8 Å². The minimum Gasteiger partial charge on any atom is -0.497 e. The lowest BCUT2D eigenvalue weighted by Crippen LogP contribution is -2.14. The van der Waals surface area contributed by atoms with Crippen LogP contribution in [0.3, 0.4) is 0 Å². The van der Waals surface area contributed by atoms with Crippen molar-refractivity contribution in [3.8, 4) is 34.1 Å². The van der Waals surface area contributed by atoms with Gasteiger partial charge in [-0.05, 0) is 72.3 Å². The smallest absolute Gasteiger partial charge is 0.277 e. The second-order valence-corrected chi connectivity index (χ2v) is 10.7. The van der Waals surface area contributed by atoms with Gasteiger partial charge in [-0.15, -0.1) is 10.2 Å². The number of allylic oxidation sites excluding steroid dienone is 1. The van der Waals surface area contributed by atoms with Crippen LogP contribution < -0.4 is 10.1 Å². The Hall–Kier alpha value is -5.74. The number of methoxy groups -OCH3 is 1. The fraction of sp³-hybridized carbons (Fsp3) is 0.0571. The molecule has 10 heteroatoms. The predicted octanol–water partition coefficient (Wildman–Crippen LogP) is 7.22. The predicted molar refractivity (Wildman–Crippen MR) is 174 cm³/mol. The molecule has 0 bridgehead atoms. The number of hydrogen-bond donors (Lipinski definition) is 1. The highest BCUT2D eigenvalue weighted by molar-refractivity contribution is 7.99. The molecular formula is C35H27N5O4S. The van der Waals surface area contributed by atoms with Gasteiger partial charge in [0.2, 0.25) is 5.91 Å². The molecule has 6 aromatic rings. The molecule has 1 N–H and O–H groups in total. The molecule has 0 aliphatic carbocycles. The SMILES string of the molecule is COc1ccc(-c2nn(-c3ccccc3)cc2-c2nnc(SCC(=O)Nc3ccc(C(=O)C=Cc4ccccc4)cc3)o2)cc1. The number of nitrogens with zero attached hydrogens (tertiary/aromatic N) is 4. The average Bonchev–Trinajstić information content (AvgIpc) is 3.75. The van der Waals surface area contributed by atoms with Gasteiger partial charge in [0.25, 0.3) is 11.1 Å². The number of nitrogens with one attached hydrogen (secondary N) is 1. The second-order valence-electron chi connectivity index (χ2n) is 9.80. The number of rotatable bonds is 11. The molecule has 222 valence electrons. The minimum atomic E-state index is -0.251. The number of ketones is 1. The third-order valence-corrected chi connectivity index (χ3v) is 7.56. The van der Waals surface area contributed by atoms with Crippen LogP contribution in [0.5, 0.6) is 5.75 Å². The maximum atomic E-state index is 12.7. The van der Waals surface area contributed by atoms with Gasteiger partial charge in [-0.3, -0.25) is 9.59 Å². The van der Waals surface area contributed by atoms with Gasteiger partial charge < -0.3 is 14.5 Å². The van der Waals surface area contributed by atoms with Gasteiger partial charge in [0.15, 0.2) is 5.78 Å². The van der Waals surface area contributed by atoms with Crippen molar-refractivity contribution in [3.63, 3.8) is 0 Å². The summed E-state index contributed by atoms with van der Waals surface area (Å²) in [5.74, 6) is 0.699. The number of amides is 1. The monoisotopic (exact) mass is 613 g/mol. The van der Waals surface area contributed by atoms with Gasteiger partial charge in [0.05, 0.1) is 24.1 Å². The van der Waals surface area contributed by atoms with Gasteiger partial charge in [-0.1, -0.05) is 66.4 Å². The summed E-state index contributed by atoms with van der Waals surface area (Å²) in [6.45, 7) is 0. The molecule has 6 rings (SSSR count). The minimum absolute atomic E-state index is 0.0523. The number of thioether (sulfide) groups is 1. The highest BCUT2D eigenvalue weighted by Gasteiger charge is 2.20. The number of ether oxygens (including phenoxy) is 1. The van der Waals surface area contributed by atoms with Crippen molar-refractivity contribution >= 4 is 35.2 Å². The Bertz CT molecular complexity index is 1930. The molecule has 0 aliphatic rings. The Morgan fingerprint density at radius 1 is 0.889 bits per heavy atom. The molecule has 0 atom stereocenters. The molecule has 0 aliphatic heterocycles. The summed E-state index contributed by atoms with van der Waals surface area (Å²) in [6.07, 6.45) is 5.15. The molecule has 0 unspecified atom stereocenters. The normalized spacial score (nSPS) is 11.0. The van der Waals surface area contributed by atoms with Crippen molar-refractivity contribution in [3.05, 3.63) is 133 Å². The molecule has 0 fully saturated rings. The van der Waals surface area contributed by atoms with E-state index < -0.39 is 0 Å². The van der Waals surface area contributed by atoms with Gasteiger partial charge in [0.1, 0.15) is 11.4 Å². The van der Waals surface area contributed by atoms with E-state index in [9.17, 15) is 9.59 Å². The molecule has 2 heterocycles. The van der Waals surface area contributed by atoms with Crippen molar-refractivity contribution in [1.82, 2.24) is 20.0 Å². The lowest BCUT2D eigenvalue weighted by atomic mass is 10.1. The summed E-state index contributed by atoms with van der Waals surface area (Å²) >= 11 is 1.13. The van der Waals surface area contributed by atoms with Crippen LogP contribution in [-0.4, -0.2) is 44.5 Å². The number of benzene rings is 4. The first-order chi connectivity index (χ1) is 22.1. The standard InChI is InChI=1S/C35H27N5O4S/c1-43-29-19-15-26(16-20-29)33-30(22-40(39-33)28-10-6-3-7-11-28)34-37-38-35(44-34)45-23-32(42)36-27-17-13-25(14-18-27)31(41)21-12-24-8-4-2-5-9-24/h2-22H,23H2,1H3,(H,36,42). The zero-order chi connectivity index (χ0) is 31.0. The van der Waals surface area contributed by atoms with Crippen molar-refractivity contribution < 1.29 is 18.7 Å². The molecule has 45 heavy (non-hydrogen) atoms. The quantitative estimate of drug-likeness (QED) is 0.0926. The molecule has 0 saturated carbocycles. The van der Waals surface area contributed by atoms with Crippen molar-refractivity contribution in [1.29, 1.82) is 0 Å². The summed E-state index contributed by atoms with van der Waals surface area (Å²) < 4.78 is 13.0. The molecule has 0 radical (unpaired) electrons. The van der Waals surface area contributed by atoms with Crippen LogP contribution in [0.2, 0.25) is 0 Å². The number of hydrogen-bond acceptors (Lipinski definition) is 8. The fourth-order valence-electron chi connectivity index (χ4n) is 4.46. The Morgan fingerprint density at radius 2 is 1.60 bits per heavy atom. The summed E-state index contributed by atoms with van der Waals surface area (Å²) in [4.78, 5) is 25.2. The van der Waals surface area contributed by atoms with E-state index in [4.69, 9.17) is 14.3 Å². The lowest BCUT2D eigenvalue weighted by Gasteiger charge is -2.05. The van der Waals surface area contributed by atoms with Crippen molar-refractivity contribution in [2.24, 2.45) is 0 Å². The Morgan fingerprint density at radius 3 is 2.31 bits per heavy atom. The molecule has 0 spiro atoms. The Labute approximate surface area is 263 Å². The van der Waals surface area contributed by atoms with Crippen LogP contribution in [0.1, 0.15) is 15.9 Å². The zero-order valence-electron chi connectivity index (χ0n) is 24.2.